The van der Waals surface area contributed by atoms with Gasteiger partial charge in [0.2, 0.25) is 0 Å². The van der Waals surface area contributed by atoms with Crippen molar-refractivity contribution in [3.8, 4) is 0 Å². The first-order valence-corrected chi connectivity index (χ1v) is 5.61. The Hall–Kier alpha value is -1.41. The van der Waals surface area contributed by atoms with E-state index >= 15 is 0 Å². The molecule has 0 aliphatic carbocycles. The zero-order chi connectivity index (χ0) is 11.8. The maximum atomic E-state index is 5.71. The van der Waals surface area contributed by atoms with Crippen molar-refractivity contribution >= 4 is 10.8 Å². The van der Waals surface area contributed by atoms with Crippen molar-refractivity contribution in [1.82, 2.24) is 4.98 Å². The number of aromatic nitrogens is 1. The summed E-state index contributed by atoms with van der Waals surface area (Å²) < 4.78 is 0. The molecule has 16 heavy (non-hydrogen) atoms. The fourth-order valence-electron chi connectivity index (χ4n) is 2.01. The summed E-state index contributed by atoms with van der Waals surface area (Å²) >= 11 is 0. The second kappa shape index (κ2) is 3.87. The van der Waals surface area contributed by atoms with Crippen LogP contribution in [0.25, 0.3) is 10.8 Å². The number of benzene rings is 1. The Bertz CT molecular complexity index is 510. The minimum atomic E-state index is 0.111. The van der Waals surface area contributed by atoms with E-state index in [-0.39, 0.29) is 5.41 Å². The van der Waals surface area contributed by atoms with Crippen LogP contribution >= 0.6 is 0 Å². The van der Waals surface area contributed by atoms with Gasteiger partial charge in [0.1, 0.15) is 0 Å². The number of pyridine rings is 1. The molecule has 2 nitrogen and oxygen atoms in total. The van der Waals surface area contributed by atoms with E-state index in [4.69, 9.17) is 5.73 Å². The van der Waals surface area contributed by atoms with Gasteiger partial charge in [-0.2, -0.15) is 0 Å². The van der Waals surface area contributed by atoms with E-state index < -0.39 is 0 Å². The fraction of sp³-hybridized carbons (Fsp3) is 0.357. The zero-order valence-electron chi connectivity index (χ0n) is 10.1. The molecule has 1 aromatic carbocycles. The minimum Gasteiger partial charge on any atom is -0.325 e. The first kappa shape index (κ1) is 11.1. The van der Waals surface area contributed by atoms with E-state index in [9.17, 15) is 0 Å². The monoisotopic (exact) mass is 214 g/mol. The van der Waals surface area contributed by atoms with Gasteiger partial charge in [-0.05, 0) is 16.4 Å². The molecular formula is C14H18N2. The molecule has 84 valence electrons. The molecule has 0 saturated heterocycles. The number of nitrogens with zero attached hydrogens (tertiary/aromatic N) is 1. The van der Waals surface area contributed by atoms with Crippen LogP contribution in [0.3, 0.4) is 0 Å². The van der Waals surface area contributed by atoms with E-state index in [1.807, 2.05) is 12.3 Å². The highest BCUT2D eigenvalue weighted by atomic mass is 14.7. The average molecular weight is 214 g/mol. The standard InChI is InChI=1S/C14H18N2/c1-14(2,3)12-9-16-13(8-15)11-7-5-4-6-10(11)12/h4-7,9H,8,15H2,1-3H3. The van der Waals surface area contributed by atoms with Crippen LogP contribution < -0.4 is 5.73 Å². The van der Waals surface area contributed by atoms with Gasteiger partial charge in [-0.3, -0.25) is 4.98 Å². The number of fused-ring (bicyclic) bond motifs is 1. The van der Waals surface area contributed by atoms with Gasteiger partial charge in [-0.15, -0.1) is 0 Å². The predicted molar refractivity (Wildman–Crippen MR) is 68.3 cm³/mol. The summed E-state index contributed by atoms with van der Waals surface area (Å²) in [7, 11) is 0. The quantitative estimate of drug-likeness (QED) is 0.792. The summed E-state index contributed by atoms with van der Waals surface area (Å²) in [6.45, 7) is 7.11. The number of hydrogen-bond donors (Lipinski definition) is 1. The van der Waals surface area contributed by atoms with Crippen molar-refractivity contribution < 1.29 is 0 Å². The molecule has 2 rings (SSSR count). The lowest BCUT2D eigenvalue weighted by Crippen LogP contribution is -2.13. The van der Waals surface area contributed by atoms with Crippen LogP contribution in [0.15, 0.2) is 30.5 Å². The Morgan fingerprint density at radius 2 is 1.75 bits per heavy atom. The highest BCUT2D eigenvalue weighted by Crippen LogP contribution is 2.30. The van der Waals surface area contributed by atoms with Gasteiger partial charge < -0.3 is 5.73 Å². The molecule has 0 amide bonds. The molecule has 0 aliphatic rings. The van der Waals surface area contributed by atoms with Gasteiger partial charge in [0.05, 0.1) is 5.69 Å². The van der Waals surface area contributed by atoms with E-state index in [1.54, 1.807) is 0 Å². The highest BCUT2D eigenvalue weighted by molar-refractivity contribution is 5.88. The van der Waals surface area contributed by atoms with Gasteiger partial charge in [0.25, 0.3) is 0 Å². The summed E-state index contributed by atoms with van der Waals surface area (Å²) in [6, 6.07) is 8.35. The highest BCUT2D eigenvalue weighted by Gasteiger charge is 2.18. The molecule has 2 heteroatoms. The van der Waals surface area contributed by atoms with Crippen LogP contribution in [0.2, 0.25) is 0 Å². The number of nitrogens with two attached hydrogens (primary N) is 1. The third kappa shape index (κ3) is 1.81. The van der Waals surface area contributed by atoms with E-state index in [0.717, 1.165) is 5.69 Å². The second-order valence-corrected chi connectivity index (χ2v) is 5.12. The summed E-state index contributed by atoms with van der Waals surface area (Å²) in [6.07, 6.45) is 1.96. The molecular weight excluding hydrogens is 196 g/mol. The van der Waals surface area contributed by atoms with Gasteiger partial charge in [0, 0.05) is 18.1 Å². The molecule has 0 unspecified atom stereocenters. The normalized spacial score (nSPS) is 12.0. The minimum absolute atomic E-state index is 0.111. The van der Waals surface area contributed by atoms with Crippen LogP contribution in [0, 0.1) is 0 Å². The Kier molecular flexibility index (Phi) is 2.68. The van der Waals surface area contributed by atoms with Gasteiger partial charge >= 0.3 is 0 Å². The second-order valence-electron chi connectivity index (χ2n) is 5.12. The Balaban J connectivity index is 2.80. The van der Waals surface area contributed by atoms with Crippen molar-refractivity contribution in [2.24, 2.45) is 5.73 Å². The third-order valence-electron chi connectivity index (χ3n) is 2.88. The third-order valence-corrected chi connectivity index (χ3v) is 2.88. The van der Waals surface area contributed by atoms with Crippen molar-refractivity contribution in [1.29, 1.82) is 0 Å². The molecule has 2 N–H and O–H groups in total. The van der Waals surface area contributed by atoms with Crippen LogP contribution in [-0.4, -0.2) is 4.98 Å². The molecule has 0 saturated carbocycles. The van der Waals surface area contributed by atoms with E-state index in [1.165, 1.54) is 16.3 Å². The molecule has 0 radical (unpaired) electrons. The lowest BCUT2D eigenvalue weighted by molar-refractivity contribution is 0.593. The van der Waals surface area contributed by atoms with Crippen LogP contribution in [0.1, 0.15) is 32.0 Å². The largest absolute Gasteiger partial charge is 0.325 e. The topological polar surface area (TPSA) is 38.9 Å². The Morgan fingerprint density at radius 3 is 2.31 bits per heavy atom. The zero-order valence-corrected chi connectivity index (χ0v) is 10.1. The fourth-order valence-corrected chi connectivity index (χ4v) is 2.01. The average Bonchev–Trinajstić information content (AvgIpc) is 2.26. The molecule has 1 aromatic heterocycles. The van der Waals surface area contributed by atoms with Crippen molar-refractivity contribution in [2.75, 3.05) is 0 Å². The van der Waals surface area contributed by atoms with Crippen molar-refractivity contribution in [3.63, 3.8) is 0 Å². The first-order chi connectivity index (χ1) is 7.54. The molecule has 1 heterocycles. The smallest absolute Gasteiger partial charge is 0.0617 e. The van der Waals surface area contributed by atoms with Gasteiger partial charge in [0.15, 0.2) is 0 Å². The molecule has 0 bridgehead atoms. The summed E-state index contributed by atoms with van der Waals surface area (Å²) in [5.74, 6) is 0. The predicted octanol–water partition coefficient (Wildman–Crippen LogP) is 2.99. The van der Waals surface area contributed by atoms with Gasteiger partial charge in [-0.1, -0.05) is 45.0 Å². The van der Waals surface area contributed by atoms with E-state index in [2.05, 4.69) is 44.0 Å². The SMILES string of the molecule is CC(C)(C)c1cnc(CN)c2ccccc12. The van der Waals surface area contributed by atoms with Gasteiger partial charge in [-0.25, -0.2) is 0 Å². The molecule has 0 fully saturated rings. The van der Waals surface area contributed by atoms with E-state index in [0.29, 0.717) is 6.54 Å². The van der Waals surface area contributed by atoms with Crippen LogP contribution in [0.5, 0.6) is 0 Å². The Morgan fingerprint density at radius 1 is 1.12 bits per heavy atom. The number of hydrogen-bond acceptors (Lipinski definition) is 2. The molecule has 2 aromatic rings. The summed E-state index contributed by atoms with van der Waals surface area (Å²) in [5, 5.41) is 2.45. The number of rotatable bonds is 1. The summed E-state index contributed by atoms with van der Waals surface area (Å²) in [5.41, 5.74) is 8.08. The van der Waals surface area contributed by atoms with Crippen LogP contribution in [0.4, 0.5) is 0 Å². The van der Waals surface area contributed by atoms with Crippen LogP contribution in [-0.2, 0) is 12.0 Å². The first-order valence-electron chi connectivity index (χ1n) is 5.61. The summed E-state index contributed by atoms with van der Waals surface area (Å²) in [4.78, 5) is 4.47. The molecule has 0 spiro atoms. The molecule has 0 atom stereocenters. The van der Waals surface area contributed by atoms with Crippen molar-refractivity contribution in [2.45, 2.75) is 32.7 Å². The maximum Gasteiger partial charge on any atom is 0.0617 e. The Labute approximate surface area is 96.5 Å². The molecule has 0 aliphatic heterocycles. The lowest BCUT2D eigenvalue weighted by Gasteiger charge is -2.21. The lowest BCUT2D eigenvalue weighted by atomic mass is 9.84. The maximum absolute atomic E-state index is 5.71. The van der Waals surface area contributed by atoms with Crippen molar-refractivity contribution in [3.05, 3.63) is 41.7 Å².